The second kappa shape index (κ2) is 9.31. The van der Waals surface area contributed by atoms with Crippen LogP contribution in [0.4, 0.5) is 5.69 Å². The molecule has 49 heavy (non-hydrogen) atoms. The molecule has 3 aromatic rings. The van der Waals surface area contributed by atoms with Gasteiger partial charge in [-0.2, -0.15) is 0 Å². The van der Waals surface area contributed by atoms with Crippen LogP contribution >= 0.6 is 0 Å². The number of hydrogen-bond acceptors (Lipinski definition) is 7. The molecule has 2 aromatic carbocycles. The van der Waals surface area contributed by atoms with Gasteiger partial charge in [-0.1, -0.05) is 36.8 Å². The van der Waals surface area contributed by atoms with Gasteiger partial charge in [-0.3, -0.25) is 14.6 Å². The fourth-order valence-electron chi connectivity index (χ4n) is 14.1. The molecule has 0 amide bonds. The van der Waals surface area contributed by atoms with Crippen molar-refractivity contribution in [2.45, 2.75) is 88.1 Å². The minimum atomic E-state index is -0.828. The van der Waals surface area contributed by atoms with Gasteiger partial charge in [-0.25, -0.2) is 0 Å². The largest absolute Gasteiger partial charge is 0.508 e. The molecule has 5 fully saturated rings. The Hall–Kier alpha value is -3.33. The third-order valence-corrected chi connectivity index (χ3v) is 15.8. The maximum absolute atomic E-state index is 14.6. The molecular formula is C41H48N4O4. The van der Waals surface area contributed by atoms with E-state index in [9.17, 15) is 9.90 Å². The molecule has 0 unspecified atom stereocenters. The Labute approximate surface area is 288 Å². The number of piperidine rings is 3. The molecule has 8 heterocycles. The van der Waals surface area contributed by atoms with Crippen molar-refractivity contribution in [2.24, 2.45) is 16.7 Å². The summed E-state index contributed by atoms with van der Waals surface area (Å²) < 4.78 is 15.6. The highest BCUT2D eigenvalue weighted by molar-refractivity contribution is 5.88. The van der Waals surface area contributed by atoms with Crippen molar-refractivity contribution in [1.82, 2.24) is 14.4 Å². The van der Waals surface area contributed by atoms with E-state index < -0.39 is 16.6 Å². The lowest BCUT2D eigenvalue weighted by Gasteiger charge is -2.66. The van der Waals surface area contributed by atoms with Crippen LogP contribution in [0.25, 0.3) is 10.9 Å². The zero-order valence-electron chi connectivity index (χ0n) is 29.3. The molecule has 1 saturated carbocycles. The highest BCUT2D eigenvalue weighted by Crippen LogP contribution is 2.77. The number of esters is 1. The molecule has 256 valence electrons. The summed E-state index contributed by atoms with van der Waals surface area (Å²) in [5.41, 5.74) is 6.87. The average Bonchev–Trinajstić information content (AvgIpc) is 3.68. The first-order valence-electron chi connectivity index (χ1n) is 18.9. The van der Waals surface area contributed by atoms with E-state index in [0.29, 0.717) is 18.4 Å². The zero-order chi connectivity index (χ0) is 33.2. The maximum atomic E-state index is 14.6. The number of ether oxygens (including phenoxy) is 2. The van der Waals surface area contributed by atoms with E-state index in [1.807, 2.05) is 6.07 Å². The van der Waals surface area contributed by atoms with Gasteiger partial charge in [0.15, 0.2) is 5.72 Å². The number of methoxy groups -OCH3 is 1. The van der Waals surface area contributed by atoms with Crippen molar-refractivity contribution >= 4 is 22.6 Å². The highest BCUT2D eigenvalue weighted by atomic mass is 16.6. The molecule has 8 nitrogen and oxygen atoms in total. The molecule has 11 rings (SSSR count). The van der Waals surface area contributed by atoms with Crippen LogP contribution in [0.1, 0.15) is 86.8 Å². The van der Waals surface area contributed by atoms with E-state index in [1.165, 1.54) is 52.7 Å². The van der Waals surface area contributed by atoms with E-state index >= 15 is 0 Å². The molecule has 5 bridgehead atoms. The Morgan fingerprint density at radius 1 is 1.14 bits per heavy atom. The van der Waals surface area contributed by atoms with Crippen LogP contribution in [-0.4, -0.2) is 84.2 Å². The predicted molar refractivity (Wildman–Crippen MR) is 188 cm³/mol. The fraction of sp³-hybridized carbons (Fsp3) is 0.585. The number of carbonyl (C=O) groups is 1. The number of fused-ring (bicyclic) bond motifs is 6. The number of phenols is 1. The van der Waals surface area contributed by atoms with Crippen LogP contribution in [0.2, 0.25) is 0 Å². The van der Waals surface area contributed by atoms with Crippen molar-refractivity contribution in [3.05, 3.63) is 70.4 Å². The summed E-state index contributed by atoms with van der Waals surface area (Å²) in [7, 11) is 3.71. The SMILES string of the molecule is CC=C1CN2CC[C@@]34c5cc([C@@H]6C[C@@]7(CC)CCCN8CCc9c(n6c6ccccc96)[C@H]87)c(O)cc5N(C)[C@]35OC[C@@]4(C(=O)OC)[C@H]1C[C@H]25. The van der Waals surface area contributed by atoms with Gasteiger partial charge < -0.3 is 24.0 Å². The lowest BCUT2D eigenvalue weighted by molar-refractivity contribution is -0.184. The third-order valence-electron chi connectivity index (χ3n) is 15.8. The van der Waals surface area contributed by atoms with Crippen LogP contribution in [0.3, 0.4) is 0 Å². The Morgan fingerprint density at radius 2 is 2.00 bits per heavy atom. The normalized spacial score (nSPS) is 40.5. The van der Waals surface area contributed by atoms with Gasteiger partial charge in [0.25, 0.3) is 0 Å². The van der Waals surface area contributed by atoms with E-state index in [4.69, 9.17) is 9.47 Å². The van der Waals surface area contributed by atoms with Gasteiger partial charge in [0, 0.05) is 66.5 Å². The number of aromatic hydroxyl groups is 1. The Morgan fingerprint density at radius 3 is 2.82 bits per heavy atom. The number of anilines is 1. The van der Waals surface area contributed by atoms with Crippen molar-refractivity contribution in [3.8, 4) is 5.75 Å². The molecule has 1 aromatic heterocycles. The number of allylic oxidation sites excluding steroid dienone is 1. The molecular weight excluding hydrogens is 612 g/mol. The van der Waals surface area contributed by atoms with Crippen LogP contribution in [-0.2, 0) is 26.1 Å². The van der Waals surface area contributed by atoms with E-state index in [1.54, 1.807) is 7.11 Å². The number of rotatable bonds is 3. The first-order chi connectivity index (χ1) is 23.8. The summed E-state index contributed by atoms with van der Waals surface area (Å²) in [5, 5.41) is 13.7. The number of hydrogen-bond donors (Lipinski definition) is 1. The summed E-state index contributed by atoms with van der Waals surface area (Å²) in [6.07, 6.45) is 9.60. The van der Waals surface area contributed by atoms with Crippen molar-refractivity contribution in [1.29, 1.82) is 0 Å². The summed E-state index contributed by atoms with van der Waals surface area (Å²) in [5.74, 6) is 0.282. The minimum absolute atomic E-state index is 0.00613. The number of benzene rings is 2. The summed E-state index contributed by atoms with van der Waals surface area (Å²) in [6, 6.07) is 14.0. The smallest absolute Gasteiger partial charge is 0.315 e. The van der Waals surface area contributed by atoms with Gasteiger partial charge in [0.2, 0.25) is 0 Å². The molecule has 0 spiro atoms. The Kier molecular flexibility index (Phi) is 5.59. The second-order valence-electron chi connectivity index (χ2n) is 16.7. The number of carbonyl (C=O) groups excluding carboxylic acids is 1. The van der Waals surface area contributed by atoms with Gasteiger partial charge in [0.1, 0.15) is 11.2 Å². The quantitative estimate of drug-likeness (QED) is 0.271. The highest BCUT2D eigenvalue weighted by Gasteiger charge is 2.87. The third kappa shape index (κ3) is 2.93. The molecule has 1 aliphatic carbocycles. The summed E-state index contributed by atoms with van der Waals surface area (Å²) >= 11 is 0. The van der Waals surface area contributed by atoms with Crippen LogP contribution < -0.4 is 4.90 Å². The monoisotopic (exact) mass is 660 g/mol. The number of aromatic nitrogens is 1. The van der Waals surface area contributed by atoms with Gasteiger partial charge in [-0.15, -0.1) is 0 Å². The van der Waals surface area contributed by atoms with E-state index in [-0.39, 0.29) is 29.4 Å². The van der Waals surface area contributed by atoms with Crippen molar-refractivity contribution < 1.29 is 19.4 Å². The molecule has 8 aliphatic rings. The van der Waals surface area contributed by atoms with Gasteiger partial charge in [-0.05, 0) is 87.1 Å². The molecule has 4 saturated heterocycles. The Bertz CT molecular complexity index is 2020. The molecule has 0 radical (unpaired) electrons. The van der Waals surface area contributed by atoms with Crippen LogP contribution in [0.5, 0.6) is 5.75 Å². The summed E-state index contributed by atoms with van der Waals surface area (Å²) in [6.45, 7) is 8.97. The zero-order valence-corrected chi connectivity index (χ0v) is 29.3. The number of para-hydroxylation sites is 1. The number of nitrogens with zero attached hydrogens (tertiary/aromatic N) is 4. The first-order valence-corrected chi connectivity index (χ1v) is 18.9. The number of likely N-dealkylation sites (N-methyl/N-ethyl adjacent to an activating group) is 1. The molecule has 8 heteroatoms. The van der Waals surface area contributed by atoms with Crippen LogP contribution in [0.15, 0.2) is 48.0 Å². The first kappa shape index (κ1) is 29.4. The topological polar surface area (TPSA) is 70.4 Å². The van der Waals surface area contributed by atoms with Crippen molar-refractivity contribution in [2.75, 3.05) is 51.8 Å². The molecule has 8 atom stereocenters. The van der Waals surface area contributed by atoms with Gasteiger partial charge >= 0.3 is 5.97 Å². The standard InChI is InChI=1S/C41H48N4O4/c1-5-24-22-44-17-14-40-29-18-27(33(46)20-31(29)42(3)41(40)34(44)19-28(24)39(40,23-49-41)37(47)48-4)32-21-38(6-2)13-9-15-43-16-12-26-25-10-7-8-11-30(25)45(32)35(26)36(38)43/h5,7-8,10-11,18,20,28,32,34,36,46H,6,9,12-17,19,21-23H2,1-4H3/t28-,32-,34-,36-,38+,39-,40-,41+/m0/s1. The van der Waals surface area contributed by atoms with Crippen molar-refractivity contribution in [3.63, 3.8) is 0 Å². The predicted octanol–water partition coefficient (Wildman–Crippen LogP) is 6.06. The average molecular weight is 661 g/mol. The van der Waals surface area contributed by atoms with E-state index in [0.717, 1.165) is 63.0 Å². The second-order valence-corrected chi connectivity index (χ2v) is 16.7. The van der Waals surface area contributed by atoms with Gasteiger partial charge in [0.05, 0.1) is 37.3 Å². The number of phenolic OH excluding ortho intramolecular Hbond substituents is 1. The summed E-state index contributed by atoms with van der Waals surface area (Å²) in [4.78, 5) is 22.3. The minimum Gasteiger partial charge on any atom is -0.508 e. The lowest BCUT2D eigenvalue weighted by atomic mass is 9.43. The van der Waals surface area contributed by atoms with Crippen LogP contribution in [0, 0.1) is 16.7 Å². The fourth-order valence-corrected chi connectivity index (χ4v) is 14.1. The lowest BCUT2D eigenvalue weighted by Crippen LogP contribution is -2.80. The molecule has 1 N–H and O–H groups in total. The van der Waals surface area contributed by atoms with E-state index in [2.05, 4.69) is 76.6 Å². The Balaban J connectivity index is 1.19. The molecule has 7 aliphatic heterocycles. The maximum Gasteiger partial charge on any atom is 0.315 e.